The van der Waals surface area contributed by atoms with Gasteiger partial charge in [0, 0.05) is 23.0 Å². The van der Waals surface area contributed by atoms with Crippen LogP contribution in [0, 0.1) is 12.8 Å². The number of thiazole rings is 1. The van der Waals surface area contributed by atoms with Crippen molar-refractivity contribution in [3.63, 3.8) is 0 Å². The summed E-state index contributed by atoms with van der Waals surface area (Å²) >= 11 is 1.77. The molecule has 1 aliphatic carbocycles. The zero-order valence-electron chi connectivity index (χ0n) is 11.7. The minimum atomic E-state index is -0.0661. The summed E-state index contributed by atoms with van der Waals surface area (Å²) in [4.78, 5) is 7.18. The van der Waals surface area contributed by atoms with Crippen LogP contribution in [-0.4, -0.2) is 33.7 Å². The second kappa shape index (κ2) is 5.90. The third kappa shape index (κ3) is 3.01. The molecule has 2 heterocycles. The Morgan fingerprint density at radius 1 is 1.32 bits per heavy atom. The number of nitrogens with zero attached hydrogens (tertiary/aromatic N) is 2. The molecule has 2 aliphatic rings. The van der Waals surface area contributed by atoms with Gasteiger partial charge >= 0.3 is 0 Å². The zero-order chi connectivity index (χ0) is 13.2. The fourth-order valence-electron chi connectivity index (χ4n) is 3.76. The molecule has 0 radical (unpaired) electrons. The normalized spacial score (nSPS) is 32.8. The van der Waals surface area contributed by atoms with Crippen LogP contribution in [0.25, 0.3) is 0 Å². The first-order valence-corrected chi connectivity index (χ1v) is 8.45. The second-order valence-electron chi connectivity index (χ2n) is 6.08. The fraction of sp³-hybridized carbons (Fsp3) is 0.800. The van der Waals surface area contributed by atoms with Crippen molar-refractivity contribution in [2.45, 2.75) is 64.1 Å². The Labute approximate surface area is 119 Å². The molecule has 106 valence electrons. The molecular weight excluding hydrogens is 256 g/mol. The van der Waals surface area contributed by atoms with Crippen LogP contribution < -0.4 is 0 Å². The van der Waals surface area contributed by atoms with Gasteiger partial charge in [-0.3, -0.25) is 4.90 Å². The summed E-state index contributed by atoms with van der Waals surface area (Å²) in [7, 11) is 0. The van der Waals surface area contributed by atoms with Gasteiger partial charge in [0.25, 0.3) is 0 Å². The third-order valence-electron chi connectivity index (χ3n) is 4.69. The molecule has 2 fully saturated rings. The molecule has 1 saturated carbocycles. The summed E-state index contributed by atoms with van der Waals surface area (Å²) in [6, 6.07) is 0.579. The van der Waals surface area contributed by atoms with Crippen molar-refractivity contribution in [3.8, 4) is 0 Å². The number of likely N-dealkylation sites (tertiary alicyclic amines) is 1. The molecule has 0 amide bonds. The van der Waals surface area contributed by atoms with Crippen LogP contribution in [0.15, 0.2) is 5.38 Å². The lowest BCUT2D eigenvalue weighted by Crippen LogP contribution is -2.45. The van der Waals surface area contributed by atoms with Gasteiger partial charge < -0.3 is 5.11 Å². The zero-order valence-corrected chi connectivity index (χ0v) is 12.5. The number of aliphatic hydroxyl groups is 1. The van der Waals surface area contributed by atoms with E-state index in [-0.39, 0.29) is 6.10 Å². The molecule has 0 aromatic carbocycles. The fourth-order valence-corrected chi connectivity index (χ4v) is 4.56. The molecule has 3 nitrogen and oxygen atoms in total. The minimum Gasteiger partial charge on any atom is -0.393 e. The van der Waals surface area contributed by atoms with Gasteiger partial charge in [0.05, 0.1) is 12.6 Å². The van der Waals surface area contributed by atoms with E-state index < -0.39 is 0 Å². The minimum absolute atomic E-state index is 0.0661. The molecule has 1 aromatic heterocycles. The van der Waals surface area contributed by atoms with Crippen molar-refractivity contribution < 1.29 is 5.11 Å². The number of hydrogen-bond donors (Lipinski definition) is 1. The quantitative estimate of drug-likeness (QED) is 0.925. The predicted molar refractivity (Wildman–Crippen MR) is 78.2 cm³/mol. The van der Waals surface area contributed by atoms with Gasteiger partial charge in [-0.05, 0) is 39.2 Å². The Bertz CT molecular complexity index is 420. The lowest BCUT2D eigenvalue weighted by molar-refractivity contribution is 0.0312. The SMILES string of the molecule is Cc1csc(CN2CCCCC2C2CCCC2O)n1. The Balaban J connectivity index is 1.70. The molecule has 3 rings (SSSR count). The number of hydrogen-bond acceptors (Lipinski definition) is 4. The van der Waals surface area contributed by atoms with Crippen molar-refractivity contribution in [2.24, 2.45) is 5.92 Å². The highest BCUT2D eigenvalue weighted by atomic mass is 32.1. The Morgan fingerprint density at radius 2 is 2.21 bits per heavy atom. The maximum Gasteiger partial charge on any atom is 0.107 e. The molecule has 1 aromatic rings. The van der Waals surface area contributed by atoms with E-state index in [0.717, 1.165) is 18.7 Å². The van der Waals surface area contributed by atoms with Gasteiger partial charge in [0.2, 0.25) is 0 Å². The van der Waals surface area contributed by atoms with Crippen molar-refractivity contribution in [3.05, 3.63) is 16.1 Å². The van der Waals surface area contributed by atoms with Gasteiger partial charge in [0.1, 0.15) is 5.01 Å². The highest BCUT2D eigenvalue weighted by Gasteiger charge is 2.37. The molecule has 3 unspecified atom stereocenters. The van der Waals surface area contributed by atoms with E-state index in [9.17, 15) is 5.11 Å². The van der Waals surface area contributed by atoms with Crippen LogP contribution in [0.2, 0.25) is 0 Å². The maximum atomic E-state index is 10.2. The highest BCUT2D eigenvalue weighted by molar-refractivity contribution is 7.09. The van der Waals surface area contributed by atoms with Gasteiger partial charge in [0.15, 0.2) is 0 Å². The van der Waals surface area contributed by atoms with E-state index >= 15 is 0 Å². The standard InChI is InChI=1S/C15H24N2OS/c1-11-10-19-15(16-11)9-17-8-3-2-6-13(17)12-5-4-7-14(12)18/h10,12-14,18H,2-9H2,1H3. The molecule has 0 spiro atoms. The van der Waals surface area contributed by atoms with Crippen LogP contribution in [0.3, 0.4) is 0 Å². The summed E-state index contributed by atoms with van der Waals surface area (Å²) in [5, 5.41) is 13.6. The van der Waals surface area contributed by atoms with E-state index in [4.69, 9.17) is 0 Å². The smallest absolute Gasteiger partial charge is 0.107 e. The average Bonchev–Trinajstić information content (AvgIpc) is 2.99. The highest BCUT2D eigenvalue weighted by Crippen LogP contribution is 2.35. The van der Waals surface area contributed by atoms with E-state index in [1.165, 1.54) is 43.7 Å². The summed E-state index contributed by atoms with van der Waals surface area (Å²) in [5.74, 6) is 0.501. The molecule has 1 saturated heterocycles. The Kier molecular flexibility index (Phi) is 4.20. The monoisotopic (exact) mass is 280 g/mol. The van der Waals surface area contributed by atoms with E-state index in [1.54, 1.807) is 11.3 Å². The van der Waals surface area contributed by atoms with Crippen molar-refractivity contribution in [2.75, 3.05) is 6.54 Å². The van der Waals surface area contributed by atoms with E-state index in [1.807, 2.05) is 0 Å². The molecule has 3 atom stereocenters. The Morgan fingerprint density at radius 3 is 2.89 bits per heavy atom. The topological polar surface area (TPSA) is 36.4 Å². The number of piperidine rings is 1. The van der Waals surface area contributed by atoms with Gasteiger partial charge in [-0.25, -0.2) is 4.98 Å². The lowest BCUT2D eigenvalue weighted by atomic mass is 9.88. The Hall–Kier alpha value is -0.450. The van der Waals surface area contributed by atoms with Crippen molar-refractivity contribution >= 4 is 11.3 Å². The predicted octanol–water partition coefficient (Wildman–Crippen LogP) is 2.97. The van der Waals surface area contributed by atoms with Gasteiger partial charge in [-0.15, -0.1) is 11.3 Å². The first-order chi connectivity index (χ1) is 9.24. The molecule has 4 heteroatoms. The first kappa shape index (κ1) is 13.5. The molecular formula is C15H24N2OS. The largest absolute Gasteiger partial charge is 0.393 e. The summed E-state index contributed by atoms with van der Waals surface area (Å²) in [5.41, 5.74) is 1.13. The van der Waals surface area contributed by atoms with Crippen LogP contribution in [0.1, 0.15) is 49.2 Å². The van der Waals surface area contributed by atoms with Crippen LogP contribution >= 0.6 is 11.3 Å². The summed E-state index contributed by atoms with van der Waals surface area (Å²) in [6.07, 6.45) is 7.22. The summed E-state index contributed by atoms with van der Waals surface area (Å²) in [6.45, 7) is 4.22. The number of aromatic nitrogens is 1. The first-order valence-electron chi connectivity index (χ1n) is 7.57. The van der Waals surface area contributed by atoms with E-state index in [0.29, 0.717) is 12.0 Å². The number of aliphatic hydroxyl groups excluding tert-OH is 1. The average molecular weight is 280 g/mol. The van der Waals surface area contributed by atoms with Crippen molar-refractivity contribution in [1.29, 1.82) is 0 Å². The van der Waals surface area contributed by atoms with Crippen LogP contribution in [0.5, 0.6) is 0 Å². The van der Waals surface area contributed by atoms with Crippen LogP contribution in [0.4, 0.5) is 0 Å². The van der Waals surface area contributed by atoms with Crippen LogP contribution in [-0.2, 0) is 6.54 Å². The van der Waals surface area contributed by atoms with Crippen molar-refractivity contribution in [1.82, 2.24) is 9.88 Å². The van der Waals surface area contributed by atoms with Gasteiger partial charge in [-0.1, -0.05) is 12.8 Å². The molecule has 1 N–H and O–H groups in total. The number of rotatable bonds is 3. The molecule has 0 bridgehead atoms. The maximum absolute atomic E-state index is 10.2. The third-order valence-corrected chi connectivity index (χ3v) is 5.65. The van der Waals surface area contributed by atoms with Gasteiger partial charge in [-0.2, -0.15) is 0 Å². The van der Waals surface area contributed by atoms with E-state index in [2.05, 4.69) is 22.2 Å². The number of aryl methyl sites for hydroxylation is 1. The second-order valence-corrected chi connectivity index (χ2v) is 7.02. The summed E-state index contributed by atoms with van der Waals surface area (Å²) < 4.78 is 0. The lowest BCUT2D eigenvalue weighted by Gasteiger charge is -2.40. The molecule has 1 aliphatic heterocycles. The molecule has 19 heavy (non-hydrogen) atoms.